The Labute approximate surface area is 154 Å². The van der Waals surface area contributed by atoms with Crippen molar-refractivity contribution >= 4 is 30.7 Å². The summed E-state index contributed by atoms with van der Waals surface area (Å²) in [6.45, 7) is 9.70. The summed E-state index contributed by atoms with van der Waals surface area (Å²) < 4.78 is 11.0. The minimum absolute atomic E-state index is 0. The Balaban J connectivity index is 0.00000144. The Hall–Kier alpha value is -0.860. The lowest BCUT2D eigenvalue weighted by molar-refractivity contribution is -0.138. The number of piperazine rings is 1. The predicted molar refractivity (Wildman–Crippen MR) is 94.9 cm³/mol. The van der Waals surface area contributed by atoms with Crippen molar-refractivity contribution in [3.63, 3.8) is 0 Å². The highest BCUT2D eigenvalue weighted by Crippen LogP contribution is 2.13. The van der Waals surface area contributed by atoms with E-state index in [1.54, 1.807) is 0 Å². The lowest BCUT2D eigenvalue weighted by Gasteiger charge is -2.36. The molecule has 0 radical (unpaired) electrons. The fourth-order valence-electron chi connectivity index (χ4n) is 2.87. The number of carbonyl (C=O) groups excluding carboxylic acids is 1. The van der Waals surface area contributed by atoms with Gasteiger partial charge >= 0.3 is 0 Å². The first-order chi connectivity index (χ1) is 10.6. The summed E-state index contributed by atoms with van der Waals surface area (Å²) in [4.78, 5) is 21.0. The standard InChI is InChI=1S/C15H24N4O3.2ClH/c1-11-12(2)22-14(17-11)9-18-4-6-19(7-5-18)15(20)13-10-21-8-3-16-13;;/h13,16H,3-10H2,1-2H3;2*1H. The van der Waals surface area contributed by atoms with Gasteiger partial charge in [-0.05, 0) is 13.8 Å². The minimum atomic E-state index is -0.183. The fourth-order valence-corrected chi connectivity index (χ4v) is 2.87. The van der Waals surface area contributed by atoms with Crippen molar-refractivity contribution in [3.05, 3.63) is 17.3 Å². The van der Waals surface area contributed by atoms with Gasteiger partial charge in [0.1, 0.15) is 11.8 Å². The molecule has 0 aliphatic carbocycles. The van der Waals surface area contributed by atoms with Crippen molar-refractivity contribution in [2.45, 2.75) is 26.4 Å². The van der Waals surface area contributed by atoms with Crippen LogP contribution in [0.4, 0.5) is 0 Å². The van der Waals surface area contributed by atoms with Crippen LogP contribution in [0.15, 0.2) is 4.42 Å². The molecule has 9 heteroatoms. The van der Waals surface area contributed by atoms with Crippen LogP contribution < -0.4 is 5.32 Å². The van der Waals surface area contributed by atoms with Gasteiger partial charge in [-0.1, -0.05) is 0 Å². The van der Waals surface area contributed by atoms with Crippen molar-refractivity contribution in [3.8, 4) is 0 Å². The Morgan fingerprint density at radius 2 is 1.96 bits per heavy atom. The molecule has 2 aliphatic heterocycles. The Morgan fingerprint density at radius 3 is 2.50 bits per heavy atom. The number of amides is 1. The number of aromatic nitrogens is 1. The van der Waals surface area contributed by atoms with Crippen molar-refractivity contribution in [1.29, 1.82) is 0 Å². The molecule has 0 spiro atoms. The third kappa shape index (κ3) is 5.07. The fraction of sp³-hybridized carbons (Fsp3) is 0.733. The lowest BCUT2D eigenvalue weighted by atomic mass is 10.2. The van der Waals surface area contributed by atoms with Crippen LogP contribution in [-0.2, 0) is 16.1 Å². The van der Waals surface area contributed by atoms with Crippen LogP contribution >= 0.6 is 24.8 Å². The molecule has 7 nitrogen and oxygen atoms in total. The highest BCUT2D eigenvalue weighted by molar-refractivity contribution is 5.85. The molecule has 2 aliphatic rings. The van der Waals surface area contributed by atoms with E-state index in [9.17, 15) is 4.79 Å². The van der Waals surface area contributed by atoms with Crippen LogP contribution in [0.25, 0.3) is 0 Å². The van der Waals surface area contributed by atoms with Crippen LogP contribution in [0.5, 0.6) is 0 Å². The normalized spacial score (nSPS) is 21.8. The molecule has 1 unspecified atom stereocenters. The summed E-state index contributed by atoms with van der Waals surface area (Å²) in [5.74, 6) is 1.80. The van der Waals surface area contributed by atoms with Gasteiger partial charge in [0, 0.05) is 32.7 Å². The number of hydrogen-bond acceptors (Lipinski definition) is 6. The second-order valence-corrected chi connectivity index (χ2v) is 5.93. The SMILES string of the molecule is Cc1nc(CN2CCN(C(=O)C3COCCN3)CC2)oc1C.Cl.Cl. The number of aryl methyl sites for hydroxylation is 2. The van der Waals surface area contributed by atoms with Gasteiger partial charge in [0.15, 0.2) is 0 Å². The van der Waals surface area contributed by atoms with E-state index in [2.05, 4.69) is 15.2 Å². The van der Waals surface area contributed by atoms with Crippen molar-refractivity contribution < 1.29 is 13.9 Å². The zero-order chi connectivity index (χ0) is 15.5. The van der Waals surface area contributed by atoms with E-state index in [0.717, 1.165) is 50.1 Å². The van der Waals surface area contributed by atoms with Crippen LogP contribution in [0.3, 0.4) is 0 Å². The molecule has 3 heterocycles. The summed E-state index contributed by atoms with van der Waals surface area (Å²) in [6.07, 6.45) is 0. The Bertz CT molecular complexity index is 507. The van der Waals surface area contributed by atoms with Gasteiger partial charge in [-0.25, -0.2) is 4.98 Å². The monoisotopic (exact) mass is 380 g/mol. The van der Waals surface area contributed by atoms with Gasteiger partial charge in [-0.3, -0.25) is 9.69 Å². The number of nitrogens with zero attached hydrogens (tertiary/aromatic N) is 3. The van der Waals surface area contributed by atoms with E-state index in [1.807, 2.05) is 18.7 Å². The Morgan fingerprint density at radius 1 is 1.25 bits per heavy atom. The molecule has 24 heavy (non-hydrogen) atoms. The van der Waals surface area contributed by atoms with Gasteiger partial charge in [0.2, 0.25) is 11.8 Å². The van der Waals surface area contributed by atoms with Crippen LogP contribution in [0, 0.1) is 13.8 Å². The largest absolute Gasteiger partial charge is 0.444 e. The highest BCUT2D eigenvalue weighted by Gasteiger charge is 2.29. The number of rotatable bonds is 3. The third-order valence-electron chi connectivity index (χ3n) is 4.34. The van der Waals surface area contributed by atoms with E-state index >= 15 is 0 Å². The molecule has 1 atom stereocenters. The average Bonchev–Trinajstić information content (AvgIpc) is 2.86. The molecule has 138 valence electrons. The average molecular weight is 381 g/mol. The van der Waals surface area contributed by atoms with E-state index in [1.165, 1.54) is 0 Å². The molecular formula is C15H26Cl2N4O3. The number of morpholine rings is 1. The number of nitrogens with one attached hydrogen (secondary N) is 1. The minimum Gasteiger partial charge on any atom is -0.444 e. The van der Waals surface area contributed by atoms with Crippen molar-refractivity contribution in [1.82, 2.24) is 20.1 Å². The molecular weight excluding hydrogens is 355 g/mol. The quantitative estimate of drug-likeness (QED) is 0.834. The molecule has 0 saturated carbocycles. The molecule has 3 rings (SSSR count). The first kappa shape index (κ1) is 21.2. The van der Waals surface area contributed by atoms with Crippen LogP contribution in [0.1, 0.15) is 17.3 Å². The van der Waals surface area contributed by atoms with E-state index < -0.39 is 0 Å². The maximum atomic E-state index is 12.4. The van der Waals surface area contributed by atoms with E-state index in [4.69, 9.17) is 9.15 Å². The first-order valence-electron chi connectivity index (χ1n) is 7.88. The first-order valence-corrected chi connectivity index (χ1v) is 7.88. The van der Waals surface area contributed by atoms with Gasteiger partial charge in [0.25, 0.3) is 0 Å². The molecule has 2 saturated heterocycles. The molecule has 1 N–H and O–H groups in total. The number of hydrogen-bond donors (Lipinski definition) is 1. The molecule has 2 fully saturated rings. The molecule has 0 aromatic carbocycles. The second-order valence-electron chi connectivity index (χ2n) is 5.93. The zero-order valence-corrected chi connectivity index (χ0v) is 15.8. The van der Waals surface area contributed by atoms with Gasteiger partial charge in [-0.2, -0.15) is 0 Å². The summed E-state index contributed by atoms with van der Waals surface area (Å²) >= 11 is 0. The van der Waals surface area contributed by atoms with E-state index in [0.29, 0.717) is 19.8 Å². The lowest BCUT2D eigenvalue weighted by Crippen LogP contribution is -2.57. The molecule has 1 amide bonds. The van der Waals surface area contributed by atoms with Crippen LogP contribution in [-0.4, -0.2) is 72.7 Å². The topological polar surface area (TPSA) is 70.8 Å². The maximum Gasteiger partial charge on any atom is 0.242 e. The maximum absolute atomic E-state index is 12.4. The summed E-state index contributed by atoms with van der Waals surface area (Å²) in [6, 6.07) is -0.183. The number of halogens is 2. The number of oxazole rings is 1. The smallest absolute Gasteiger partial charge is 0.242 e. The second kappa shape index (κ2) is 9.58. The van der Waals surface area contributed by atoms with Gasteiger partial charge < -0.3 is 19.4 Å². The summed E-state index contributed by atoms with van der Waals surface area (Å²) in [5, 5.41) is 3.22. The molecule has 1 aromatic rings. The summed E-state index contributed by atoms with van der Waals surface area (Å²) in [7, 11) is 0. The number of carbonyl (C=O) groups is 1. The number of ether oxygens (including phenoxy) is 1. The van der Waals surface area contributed by atoms with Gasteiger partial charge in [-0.15, -0.1) is 24.8 Å². The third-order valence-corrected chi connectivity index (χ3v) is 4.34. The van der Waals surface area contributed by atoms with Crippen molar-refractivity contribution in [2.24, 2.45) is 0 Å². The van der Waals surface area contributed by atoms with Crippen LogP contribution in [0.2, 0.25) is 0 Å². The Kier molecular flexibility index (Phi) is 8.45. The van der Waals surface area contributed by atoms with E-state index in [-0.39, 0.29) is 36.8 Å². The highest BCUT2D eigenvalue weighted by atomic mass is 35.5. The zero-order valence-electron chi connectivity index (χ0n) is 14.1. The predicted octanol–water partition coefficient (Wildman–Crippen LogP) is 0.768. The molecule has 1 aromatic heterocycles. The molecule has 0 bridgehead atoms. The van der Waals surface area contributed by atoms with Crippen molar-refractivity contribution in [2.75, 3.05) is 45.9 Å². The van der Waals surface area contributed by atoms with Gasteiger partial charge in [0.05, 0.1) is 25.5 Å². The summed E-state index contributed by atoms with van der Waals surface area (Å²) in [5.41, 5.74) is 0.951.